The minimum atomic E-state index is -0.00670. The van der Waals surface area contributed by atoms with Crippen molar-refractivity contribution in [2.24, 2.45) is 5.92 Å². The van der Waals surface area contributed by atoms with Crippen LogP contribution in [0.4, 0.5) is 0 Å². The van der Waals surface area contributed by atoms with Crippen molar-refractivity contribution in [3.05, 3.63) is 40.1 Å². The van der Waals surface area contributed by atoms with Gasteiger partial charge in [0, 0.05) is 17.6 Å². The van der Waals surface area contributed by atoms with Gasteiger partial charge in [0.2, 0.25) is 0 Å². The summed E-state index contributed by atoms with van der Waals surface area (Å²) in [5, 5.41) is 8.79. The van der Waals surface area contributed by atoms with Gasteiger partial charge in [-0.3, -0.25) is 4.79 Å². The van der Waals surface area contributed by atoms with E-state index < -0.39 is 0 Å². The molecule has 3 rings (SSSR count). The number of likely N-dealkylation sites (tertiary alicyclic amines) is 1. The third-order valence-corrected chi connectivity index (χ3v) is 4.64. The van der Waals surface area contributed by atoms with Gasteiger partial charge in [-0.15, -0.1) is 5.10 Å². The molecule has 2 aromatic rings. The van der Waals surface area contributed by atoms with Crippen LogP contribution in [-0.4, -0.2) is 38.9 Å². The number of piperidine rings is 1. The summed E-state index contributed by atoms with van der Waals surface area (Å²) in [6.07, 6.45) is 2.12. The average molecular weight is 363 g/mol. The first-order chi connectivity index (χ1) is 10.5. The van der Waals surface area contributed by atoms with E-state index in [4.69, 9.17) is 0 Å². The second kappa shape index (κ2) is 6.20. The Morgan fingerprint density at radius 3 is 2.45 bits per heavy atom. The summed E-state index contributed by atoms with van der Waals surface area (Å²) in [5.74, 6) is 0.691. The molecule has 0 spiro atoms. The van der Waals surface area contributed by atoms with Crippen LogP contribution in [0.15, 0.2) is 28.7 Å². The summed E-state index contributed by atoms with van der Waals surface area (Å²) in [6, 6.07) is 7.70. The van der Waals surface area contributed by atoms with Gasteiger partial charge in [-0.25, -0.2) is 0 Å². The van der Waals surface area contributed by atoms with Crippen molar-refractivity contribution in [1.82, 2.24) is 19.9 Å². The molecule has 1 fully saturated rings. The number of carbonyl (C=O) groups is 1. The fraction of sp³-hybridized carbons (Fsp3) is 0.438. The number of hydrogen-bond donors (Lipinski definition) is 0. The smallest absolute Gasteiger partial charge is 0.276 e. The maximum atomic E-state index is 12.6. The van der Waals surface area contributed by atoms with E-state index in [1.165, 1.54) is 4.80 Å². The highest BCUT2D eigenvalue weighted by Crippen LogP contribution is 2.19. The molecule has 0 radical (unpaired) electrons. The lowest BCUT2D eigenvalue weighted by Crippen LogP contribution is -2.38. The van der Waals surface area contributed by atoms with E-state index in [-0.39, 0.29) is 5.91 Å². The Hall–Kier alpha value is -1.69. The number of rotatable bonds is 2. The lowest BCUT2D eigenvalue weighted by atomic mass is 9.99. The topological polar surface area (TPSA) is 51.0 Å². The van der Waals surface area contributed by atoms with E-state index in [1.54, 1.807) is 0 Å². The molecule has 0 atom stereocenters. The maximum Gasteiger partial charge on any atom is 0.276 e. The fourth-order valence-corrected chi connectivity index (χ4v) is 2.89. The number of carbonyl (C=O) groups excluding carboxylic acids is 1. The van der Waals surface area contributed by atoms with E-state index in [9.17, 15) is 4.79 Å². The van der Waals surface area contributed by atoms with Gasteiger partial charge in [0.15, 0.2) is 5.69 Å². The normalized spacial score (nSPS) is 16.0. The highest BCUT2D eigenvalue weighted by atomic mass is 79.9. The Bertz CT molecular complexity index is 672. The molecule has 116 valence electrons. The van der Waals surface area contributed by atoms with Crippen LogP contribution in [0.3, 0.4) is 0 Å². The third-order valence-electron chi connectivity index (χ3n) is 4.11. The fourth-order valence-electron chi connectivity index (χ4n) is 2.63. The predicted octanol–water partition coefficient (Wildman–Crippen LogP) is 3.21. The van der Waals surface area contributed by atoms with Gasteiger partial charge in [0.05, 0.1) is 11.4 Å². The molecule has 22 heavy (non-hydrogen) atoms. The third kappa shape index (κ3) is 3.06. The summed E-state index contributed by atoms with van der Waals surface area (Å²) in [6.45, 7) is 5.69. The van der Waals surface area contributed by atoms with Crippen molar-refractivity contribution < 1.29 is 4.79 Å². The number of amides is 1. The first-order valence-corrected chi connectivity index (χ1v) is 8.33. The number of aromatic nitrogens is 3. The lowest BCUT2D eigenvalue weighted by Gasteiger charge is -2.29. The number of halogens is 1. The van der Waals surface area contributed by atoms with Crippen LogP contribution < -0.4 is 0 Å². The molecule has 5 nitrogen and oxygen atoms in total. The molecule has 1 aliphatic rings. The van der Waals surface area contributed by atoms with Crippen molar-refractivity contribution in [2.75, 3.05) is 13.1 Å². The zero-order valence-electron chi connectivity index (χ0n) is 12.8. The molecule has 0 aliphatic carbocycles. The Kier molecular flexibility index (Phi) is 4.29. The minimum absolute atomic E-state index is 0.00670. The van der Waals surface area contributed by atoms with Gasteiger partial charge < -0.3 is 4.90 Å². The highest BCUT2D eigenvalue weighted by Gasteiger charge is 2.25. The summed E-state index contributed by atoms with van der Waals surface area (Å²) in [5.41, 5.74) is 1.97. The summed E-state index contributed by atoms with van der Waals surface area (Å²) >= 11 is 3.41. The molecule has 2 heterocycles. The number of nitrogens with zero attached hydrogens (tertiary/aromatic N) is 4. The van der Waals surface area contributed by atoms with Gasteiger partial charge >= 0.3 is 0 Å². The highest BCUT2D eigenvalue weighted by molar-refractivity contribution is 9.10. The van der Waals surface area contributed by atoms with Crippen LogP contribution in [0, 0.1) is 12.8 Å². The van der Waals surface area contributed by atoms with Gasteiger partial charge in [0.25, 0.3) is 5.91 Å². The Labute approximate surface area is 138 Å². The largest absolute Gasteiger partial charge is 0.337 e. The van der Waals surface area contributed by atoms with Gasteiger partial charge in [0.1, 0.15) is 0 Å². The molecule has 6 heteroatoms. The van der Waals surface area contributed by atoms with E-state index in [0.717, 1.165) is 36.1 Å². The van der Waals surface area contributed by atoms with Gasteiger partial charge in [-0.1, -0.05) is 22.9 Å². The molecule has 1 amide bonds. The van der Waals surface area contributed by atoms with Gasteiger partial charge in [-0.05, 0) is 49.9 Å². The monoisotopic (exact) mass is 362 g/mol. The molecule has 1 aromatic carbocycles. The molecule has 0 N–H and O–H groups in total. The zero-order chi connectivity index (χ0) is 15.7. The van der Waals surface area contributed by atoms with E-state index >= 15 is 0 Å². The van der Waals surface area contributed by atoms with E-state index in [1.807, 2.05) is 36.1 Å². The van der Waals surface area contributed by atoms with Crippen LogP contribution in [-0.2, 0) is 0 Å². The quantitative estimate of drug-likeness (QED) is 0.823. The zero-order valence-corrected chi connectivity index (χ0v) is 14.4. The van der Waals surface area contributed by atoms with Crippen LogP contribution in [0.5, 0.6) is 0 Å². The number of benzene rings is 1. The van der Waals surface area contributed by atoms with E-state index in [2.05, 4.69) is 33.1 Å². The second-order valence-electron chi connectivity index (χ2n) is 5.87. The Balaban J connectivity index is 1.83. The molecule has 1 aliphatic heterocycles. The average Bonchev–Trinajstić information content (AvgIpc) is 2.90. The van der Waals surface area contributed by atoms with E-state index in [0.29, 0.717) is 17.3 Å². The van der Waals surface area contributed by atoms with Crippen molar-refractivity contribution in [2.45, 2.75) is 26.7 Å². The second-order valence-corrected chi connectivity index (χ2v) is 6.79. The van der Waals surface area contributed by atoms with Gasteiger partial charge in [-0.2, -0.15) is 9.90 Å². The van der Waals surface area contributed by atoms with Crippen molar-refractivity contribution >= 4 is 21.8 Å². The number of aryl methyl sites for hydroxylation is 1. The summed E-state index contributed by atoms with van der Waals surface area (Å²) in [4.78, 5) is 16.0. The standard InChI is InChI=1S/C16H19BrN4O/c1-11-7-9-20(10-8-11)16(22)15-12(2)18-21(19-15)14-5-3-13(17)4-6-14/h3-6,11H,7-10H2,1-2H3. The minimum Gasteiger partial charge on any atom is -0.337 e. The molecule has 0 saturated carbocycles. The van der Waals surface area contributed by atoms with Crippen molar-refractivity contribution in [3.63, 3.8) is 0 Å². The SMILES string of the molecule is Cc1nn(-c2ccc(Br)cc2)nc1C(=O)N1CCC(C)CC1. The summed E-state index contributed by atoms with van der Waals surface area (Å²) in [7, 11) is 0. The lowest BCUT2D eigenvalue weighted by molar-refractivity contribution is 0.0690. The first kappa shape index (κ1) is 15.2. The maximum absolute atomic E-state index is 12.6. The molecule has 1 saturated heterocycles. The molecular formula is C16H19BrN4O. The van der Waals surface area contributed by atoms with Crippen LogP contribution in [0.25, 0.3) is 5.69 Å². The number of hydrogen-bond acceptors (Lipinski definition) is 3. The summed E-state index contributed by atoms with van der Waals surface area (Å²) < 4.78 is 0.999. The van der Waals surface area contributed by atoms with Crippen molar-refractivity contribution in [3.8, 4) is 5.69 Å². The molecule has 0 bridgehead atoms. The van der Waals surface area contributed by atoms with Crippen LogP contribution in [0.2, 0.25) is 0 Å². The molecule has 0 unspecified atom stereocenters. The first-order valence-electron chi connectivity index (χ1n) is 7.54. The van der Waals surface area contributed by atoms with Crippen LogP contribution >= 0.6 is 15.9 Å². The predicted molar refractivity (Wildman–Crippen MR) is 88.1 cm³/mol. The van der Waals surface area contributed by atoms with Crippen LogP contribution in [0.1, 0.15) is 35.9 Å². The molecular weight excluding hydrogens is 344 g/mol. The van der Waals surface area contributed by atoms with Crippen molar-refractivity contribution in [1.29, 1.82) is 0 Å². The Morgan fingerprint density at radius 1 is 1.18 bits per heavy atom. The molecule has 1 aromatic heterocycles. The Morgan fingerprint density at radius 2 is 1.82 bits per heavy atom.